The van der Waals surface area contributed by atoms with Crippen LogP contribution in [0.4, 0.5) is 8.78 Å². The summed E-state index contributed by atoms with van der Waals surface area (Å²) in [5.74, 6) is -7.67. The Morgan fingerprint density at radius 3 is 2.01 bits per heavy atom. The van der Waals surface area contributed by atoms with Crippen LogP contribution in [-0.4, -0.2) is 251 Å². The normalized spacial score (nSPS) is 18.9. The van der Waals surface area contributed by atoms with Crippen molar-refractivity contribution in [2.45, 2.75) is 24.8 Å². The van der Waals surface area contributed by atoms with Crippen LogP contribution in [0.25, 0.3) is 22.0 Å². The van der Waals surface area contributed by atoms with Gasteiger partial charge in [0.25, 0.3) is 17.7 Å². The number of nitrogens with one attached hydrogen (secondary N) is 1. The lowest BCUT2D eigenvalue weighted by atomic mass is 10.1. The van der Waals surface area contributed by atoms with Gasteiger partial charge in [0.15, 0.2) is 5.58 Å². The van der Waals surface area contributed by atoms with E-state index < -0.39 is 61.0 Å². The Bertz CT molecular complexity index is 2490. The van der Waals surface area contributed by atoms with Gasteiger partial charge < -0.3 is 44.4 Å². The van der Waals surface area contributed by atoms with Gasteiger partial charge in [0.05, 0.1) is 57.0 Å². The third-order valence-electron chi connectivity index (χ3n) is 12.7. The number of carboxylic acid groups (broad SMARTS) is 2. The molecule has 0 radical (unpaired) electrons. The van der Waals surface area contributed by atoms with Crippen molar-refractivity contribution in [1.82, 2.24) is 49.6 Å². The quantitative estimate of drug-likeness (QED) is 0.0595. The lowest BCUT2D eigenvalue weighted by molar-refractivity contribution is -0.140. The third-order valence-corrected chi connectivity index (χ3v) is 12.7. The Morgan fingerprint density at radius 2 is 1.39 bits per heavy atom. The molecule has 22 nitrogen and oxygen atoms in total. The zero-order valence-electron chi connectivity index (χ0n) is 40.2. The highest BCUT2D eigenvalue weighted by molar-refractivity contribution is 6.07. The van der Waals surface area contributed by atoms with Crippen LogP contribution in [0.5, 0.6) is 5.75 Å². The van der Waals surface area contributed by atoms with E-state index >= 15 is 0 Å². The maximum Gasteiger partial charge on any atom is 0.317 e. The number of amides is 3. The van der Waals surface area contributed by atoms with Gasteiger partial charge in [0.1, 0.15) is 23.6 Å². The second-order valence-corrected chi connectivity index (χ2v) is 17.7. The van der Waals surface area contributed by atoms with Crippen LogP contribution >= 0.6 is 0 Å². The van der Waals surface area contributed by atoms with Gasteiger partial charge in [-0.1, -0.05) is 12.1 Å². The number of carbonyl (C=O) groups is 7. The average Bonchev–Trinajstić information content (AvgIpc) is 3.96. The summed E-state index contributed by atoms with van der Waals surface area (Å²) < 4.78 is 40.9. The first kappa shape index (κ1) is 54.8. The Morgan fingerprint density at radius 1 is 0.778 bits per heavy atom. The topological polar surface area (TPSA) is 263 Å². The number of Topliss-reactive ketones (excluding diaryl/α,β-unsaturated/α-hetero) is 1. The summed E-state index contributed by atoms with van der Waals surface area (Å²) in [5, 5.41) is 28.9. The van der Waals surface area contributed by atoms with E-state index in [9.17, 15) is 52.6 Å². The van der Waals surface area contributed by atoms with E-state index in [1.54, 1.807) is 52.3 Å². The molecule has 3 aliphatic heterocycles. The van der Waals surface area contributed by atoms with Crippen molar-refractivity contribution in [2.24, 2.45) is 0 Å². The zero-order chi connectivity index (χ0) is 51.8. The molecule has 0 bridgehead atoms. The Labute approximate surface area is 414 Å². The number of hydrogen-bond donors (Lipinski definition) is 4. The molecule has 0 unspecified atom stereocenters. The zero-order valence-corrected chi connectivity index (χ0v) is 40.2. The number of hydrogen-bond acceptors (Lipinski definition) is 17. The molecule has 2 aromatic heterocycles. The Kier molecular flexibility index (Phi) is 19.9. The van der Waals surface area contributed by atoms with E-state index in [0.29, 0.717) is 126 Å². The maximum atomic E-state index is 14.7. The summed E-state index contributed by atoms with van der Waals surface area (Å²) in [6.07, 6.45) is 1.99. The van der Waals surface area contributed by atoms with Crippen LogP contribution in [0, 0.1) is 0 Å². The summed E-state index contributed by atoms with van der Waals surface area (Å²) >= 11 is 0. The Hall–Kier alpha value is -6.57. The van der Waals surface area contributed by atoms with Crippen LogP contribution in [0.3, 0.4) is 0 Å². The number of aliphatic hydroxyl groups is 1. The number of pyridine rings is 1. The summed E-state index contributed by atoms with van der Waals surface area (Å²) in [4.78, 5) is 109. The number of ether oxygens (including phenoxy) is 1. The lowest BCUT2D eigenvalue weighted by Gasteiger charge is -2.37. The highest BCUT2D eigenvalue weighted by Crippen LogP contribution is 2.34. The van der Waals surface area contributed by atoms with Gasteiger partial charge >= 0.3 is 11.9 Å². The van der Waals surface area contributed by atoms with E-state index in [2.05, 4.69) is 20.2 Å². The van der Waals surface area contributed by atoms with Crippen molar-refractivity contribution in [3.05, 3.63) is 66.2 Å². The molecule has 1 atom stereocenters. The number of carboxylic acids is 2. The minimum atomic E-state index is -3.34. The molecule has 4 N–H and O–H groups in total. The number of oxazole rings is 1. The van der Waals surface area contributed by atoms with E-state index in [-0.39, 0.29) is 43.5 Å². The predicted molar refractivity (Wildman–Crippen MR) is 256 cm³/mol. The van der Waals surface area contributed by atoms with Crippen LogP contribution in [0.1, 0.15) is 33.9 Å². The maximum absolute atomic E-state index is 14.7. The number of aliphatic hydroxyl groups excluding tert-OH is 1. The van der Waals surface area contributed by atoms with Gasteiger partial charge in [-0.05, 0) is 42.8 Å². The molecule has 0 aliphatic carbocycles. The number of rotatable bonds is 18. The molecule has 390 valence electrons. The second kappa shape index (κ2) is 26.2. The molecule has 4 aromatic rings. The molecule has 2 aromatic carbocycles. The van der Waals surface area contributed by atoms with Crippen molar-refractivity contribution in [3.8, 4) is 5.75 Å². The smallest absolute Gasteiger partial charge is 0.317 e. The van der Waals surface area contributed by atoms with E-state index in [1.165, 1.54) is 12.3 Å². The first-order valence-electron chi connectivity index (χ1n) is 23.7. The highest BCUT2D eigenvalue weighted by Gasteiger charge is 2.51. The molecule has 3 aliphatic rings. The van der Waals surface area contributed by atoms with Gasteiger partial charge in [0, 0.05) is 110 Å². The molecular formula is C48H62F2N10O12. The van der Waals surface area contributed by atoms with E-state index in [4.69, 9.17) is 14.3 Å². The molecule has 3 amide bonds. The van der Waals surface area contributed by atoms with Gasteiger partial charge in [-0.15, -0.1) is 0 Å². The standard InChI is InChI=1S/C47H58F2N10O11.CH4O/c48-47(49)27-38(44(67)46-52-37-4-1-2-5-39(37)70-46)59(32-47)40(61)28-51-45(68)34-8-9-50-36-7-6-33(26-35(34)36)69-25-3-10-53-19-21-58(22-20-53)41(62)29-55-13-11-54(23-24-60)12-14-56(30-42(63)64)17-18-57(16-15-55)31-43(65)66;1-2/h1-2,4-9,24,26,38H,3,10-23,25,27-32H2,(H,51,68)(H,63,64)(H,65,66);2H,1H3/t38-;/m0./s1. The number of alkyl halides is 2. The fourth-order valence-electron chi connectivity index (χ4n) is 8.91. The predicted octanol–water partition coefficient (Wildman–Crippen LogP) is 0.336. The fraction of sp³-hybridized carbons (Fsp3) is 0.521. The molecule has 72 heavy (non-hydrogen) atoms. The number of nitrogens with zero attached hydrogens (tertiary/aromatic N) is 9. The number of aromatic nitrogens is 2. The van der Waals surface area contributed by atoms with Crippen LogP contribution in [-0.2, 0) is 24.0 Å². The molecule has 0 spiro atoms. The number of para-hydroxylation sites is 2. The SMILES string of the molecule is CO.O=CCN1CCN(CC(=O)O)CCN(CC(=O)O)CCN(CC(=O)N2CCN(CCCOc3ccc4nccc(C(=O)NCC(=O)N5CC(F)(F)C[C@H]5C(=O)c5nc6ccccc6o5)c4c3)CC2)CC1. The lowest BCUT2D eigenvalue weighted by Crippen LogP contribution is -2.53. The van der Waals surface area contributed by atoms with Gasteiger partial charge in [-0.25, -0.2) is 13.8 Å². The molecule has 7 rings (SSSR count). The average molecular weight is 1010 g/mol. The van der Waals surface area contributed by atoms with Crippen molar-refractivity contribution in [1.29, 1.82) is 0 Å². The number of piperazine rings is 1. The summed E-state index contributed by atoms with van der Waals surface area (Å²) in [7, 11) is 1.00. The number of aliphatic carboxylic acids is 2. The van der Waals surface area contributed by atoms with Crippen LogP contribution in [0.15, 0.2) is 59.1 Å². The molecular weight excluding hydrogens is 947 g/mol. The van der Waals surface area contributed by atoms with Crippen LogP contribution < -0.4 is 10.1 Å². The first-order chi connectivity index (χ1) is 34.6. The number of fused-ring (bicyclic) bond motifs is 2. The van der Waals surface area contributed by atoms with Gasteiger partial charge in [-0.3, -0.25) is 58.3 Å². The minimum Gasteiger partial charge on any atom is -0.494 e. The van der Waals surface area contributed by atoms with Gasteiger partial charge in [0.2, 0.25) is 17.6 Å². The largest absolute Gasteiger partial charge is 0.494 e. The van der Waals surface area contributed by atoms with E-state index in [1.807, 2.05) is 14.7 Å². The van der Waals surface area contributed by atoms with Crippen molar-refractivity contribution < 1.29 is 66.8 Å². The number of halogens is 2. The monoisotopic (exact) mass is 1010 g/mol. The summed E-state index contributed by atoms with van der Waals surface area (Å²) in [6, 6.07) is 11.6. The number of carbonyl (C=O) groups excluding carboxylic acids is 5. The minimum absolute atomic E-state index is 0.0471. The van der Waals surface area contributed by atoms with Crippen molar-refractivity contribution >= 4 is 63.7 Å². The van der Waals surface area contributed by atoms with Crippen molar-refractivity contribution in [2.75, 3.05) is 138 Å². The first-order valence-corrected chi connectivity index (χ1v) is 23.7. The van der Waals surface area contributed by atoms with Crippen molar-refractivity contribution in [3.63, 3.8) is 0 Å². The number of likely N-dealkylation sites (tertiary alicyclic amines) is 1. The molecule has 24 heteroatoms. The second-order valence-electron chi connectivity index (χ2n) is 17.7. The number of benzene rings is 2. The summed E-state index contributed by atoms with van der Waals surface area (Å²) in [6.45, 7) is 4.83. The summed E-state index contributed by atoms with van der Waals surface area (Å²) in [5.41, 5.74) is 1.33. The molecule has 5 heterocycles. The number of aldehydes is 1. The fourth-order valence-corrected chi connectivity index (χ4v) is 8.91. The van der Waals surface area contributed by atoms with E-state index in [0.717, 1.165) is 18.3 Å². The van der Waals surface area contributed by atoms with Crippen LogP contribution in [0.2, 0.25) is 0 Å². The molecule has 0 saturated carbocycles. The molecule has 3 fully saturated rings. The Balaban J connectivity index is 0.00000418. The third kappa shape index (κ3) is 15.5. The number of ketones is 1. The molecule has 3 saturated heterocycles. The van der Waals surface area contributed by atoms with Gasteiger partial charge in [-0.2, -0.15) is 0 Å². The highest BCUT2D eigenvalue weighted by atomic mass is 19.3.